The number of allylic oxidation sites excluding steroid dienone is 1. The summed E-state index contributed by atoms with van der Waals surface area (Å²) in [5.74, 6) is -0.545. The molecular weight excluding hydrogens is 240 g/mol. The predicted molar refractivity (Wildman–Crippen MR) is 74.3 cm³/mol. The smallest absolute Gasteiger partial charge is 0.189 e. The SMILES string of the molecule is Cc1cc(C(=O)/C=C/c2ccccc2)c(O)cc1O. The average Bonchev–Trinajstić information content (AvgIpc) is 2.41. The molecule has 0 aliphatic heterocycles. The van der Waals surface area contributed by atoms with Gasteiger partial charge >= 0.3 is 0 Å². The largest absolute Gasteiger partial charge is 0.508 e. The van der Waals surface area contributed by atoms with E-state index in [2.05, 4.69) is 0 Å². The number of hydrogen-bond acceptors (Lipinski definition) is 3. The molecule has 0 heterocycles. The summed E-state index contributed by atoms with van der Waals surface area (Å²) in [6, 6.07) is 12.1. The maximum absolute atomic E-state index is 12.0. The predicted octanol–water partition coefficient (Wildman–Crippen LogP) is 3.30. The molecule has 3 heteroatoms. The van der Waals surface area contributed by atoms with Crippen LogP contribution in [0.25, 0.3) is 6.08 Å². The van der Waals surface area contributed by atoms with Gasteiger partial charge in [-0.25, -0.2) is 0 Å². The zero-order valence-electron chi connectivity index (χ0n) is 10.5. The fourth-order valence-corrected chi connectivity index (χ4v) is 1.71. The molecule has 2 aromatic rings. The van der Waals surface area contributed by atoms with Crippen LogP contribution >= 0.6 is 0 Å². The Morgan fingerprint density at radius 1 is 1.05 bits per heavy atom. The van der Waals surface area contributed by atoms with E-state index in [9.17, 15) is 15.0 Å². The summed E-state index contributed by atoms with van der Waals surface area (Å²) in [6.07, 6.45) is 3.09. The van der Waals surface area contributed by atoms with E-state index in [0.29, 0.717) is 5.56 Å². The zero-order chi connectivity index (χ0) is 13.8. The van der Waals surface area contributed by atoms with Crippen LogP contribution in [0, 0.1) is 6.92 Å². The molecule has 0 unspecified atom stereocenters. The van der Waals surface area contributed by atoms with E-state index >= 15 is 0 Å². The first-order chi connectivity index (χ1) is 9.08. The Morgan fingerprint density at radius 2 is 1.74 bits per heavy atom. The fourth-order valence-electron chi connectivity index (χ4n) is 1.71. The summed E-state index contributed by atoms with van der Waals surface area (Å²) >= 11 is 0. The third-order valence-corrected chi connectivity index (χ3v) is 2.81. The molecule has 2 rings (SSSR count). The fraction of sp³-hybridized carbons (Fsp3) is 0.0625. The lowest BCUT2D eigenvalue weighted by molar-refractivity contribution is 0.104. The normalized spacial score (nSPS) is 10.8. The van der Waals surface area contributed by atoms with Crippen molar-refractivity contribution in [3.8, 4) is 11.5 Å². The van der Waals surface area contributed by atoms with Gasteiger partial charge in [-0.1, -0.05) is 36.4 Å². The van der Waals surface area contributed by atoms with E-state index < -0.39 is 0 Å². The van der Waals surface area contributed by atoms with Crippen molar-refractivity contribution in [3.63, 3.8) is 0 Å². The lowest BCUT2D eigenvalue weighted by Gasteiger charge is -2.04. The summed E-state index contributed by atoms with van der Waals surface area (Å²) in [7, 11) is 0. The highest BCUT2D eigenvalue weighted by atomic mass is 16.3. The number of phenolic OH excluding ortho intramolecular Hbond substituents is 2. The summed E-state index contributed by atoms with van der Waals surface area (Å²) in [5.41, 5.74) is 1.64. The van der Waals surface area contributed by atoms with Gasteiger partial charge in [-0.2, -0.15) is 0 Å². The Bertz CT molecular complexity index is 628. The van der Waals surface area contributed by atoms with Crippen LogP contribution < -0.4 is 0 Å². The van der Waals surface area contributed by atoms with Crippen molar-refractivity contribution >= 4 is 11.9 Å². The van der Waals surface area contributed by atoms with Crippen molar-refractivity contribution in [2.24, 2.45) is 0 Å². The van der Waals surface area contributed by atoms with Crippen LogP contribution in [0.3, 0.4) is 0 Å². The van der Waals surface area contributed by atoms with Crippen molar-refractivity contribution in [2.45, 2.75) is 6.92 Å². The molecule has 3 nitrogen and oxygen atoms in total. The quantitative estimate of drug-likeness (QED) is 0.652. The minimum Gasteiger partial charge on any atom is -0.508 e. The minimum atomic E-state index is -0.301. The van der Waals surface area contributed by atoms with Crippen molar-refractivity contribution in [1.82, 2.24) is 0 Å². The summed E-state index contributed by atoms with van der Waals surface area (Å²) in [5, 5.41) is 19.1. The lowest BCUT2D eigenvalue weighted by atomic mass is 10.0. The second kappa shape index (κ2) is 5.40. The third kappa shape index (κ3) is 3.01. The molecule has 0 atom stereocenters. The van der Waals surface area contributed by atoms with E-state index in [0.717, 1.165) is 5.56 Å². The molecule has 0 spiro atoms. The first-order valence-corrected chi connectivity index (χ1v) is 5.88. The number of aryl methyl sites for hydroxylation is 1. The third-order valence-electron chi connectivity index (χ3n) is 2.81. The molecule has 0 aliphatic carbocycles. The van der Waals surface area contributed by atoms with Crippen molar-refractivity contribution in [1.29, 1.82) is 0 Å². The van der Waals surface area contributed by atoms with Crippen LogP contribution in [0.1, 0.15) is 21.5 Å². The van der Waals surface area contributed by atoms with E-state index in [1.807, 2.05) is 30.3 Å². The molecule has 0 radical (unpaired) electrons. The van der Waals surface area contributed by atoms with Gasteiger partial charge in [-0.05, 0) is 30.2 Å². The summed E-state index contributed by atoms with van der Waals surface area (Å²) in [6.45, 7) is 1.67. The van der Waals surface area contributed by atoms with Crippen LogP contribution in [0.15, 0.2) is 48.5 Å². The molecule has 19 heavy (non-hydrogen) atoms. The van der Waals surface area contributed by atoms with E-state index in [1.165, 1.54) is 18.2 Å². The highest BCUT2D eigenvalue weighted by Crippen LogP contribution is 2.27. The second-order valence-electron chi connectivity index (χ2n) is 4.26. The number of hydrogen-bond donors (Lipinski definition) is 2. The van der Waals surface area contributed by atoms with Crippen molar-refractivity contribution < 1.29 is 15.0 Å². The molecule has 0 bridgehead atoms. The number of aromatic hydroxyl groups is 2. The van der Waals surface area contributed by atoms with Gasteiger partial charge in [0.05, 0.1) is 5.56 Å². The van der Waals surface area contributed by atoms with Gasteiger partial charge in [0.15, 0.2) is 5.78 Å². The van der Waals surface area contributed by atoms with Crippen LogP contribution in [0.5, 0.6) is 11.5 Å². The highest BCUT2D eigenvalue weighted by molar-refractivity contribution is 6.08. The molecule has 0 aromatic heterocycles. The van der Waals surface area contributed by atoms with Crippen LogP contribution in [-0.2, 0) is 0 Å². The number of carbonyl (C=O) groups excluding carboxylic acids is 1. The highest BCUT2D eigenvalue weighted by Gasteiger charge is 2.11. The Hall–Kier alpha value is -2.55. The maximum atomic E-state index is 12.0. The van der Waals surface area contributed by atoms with Gasteiger partial charge in [-0.15, -0.1) is 0 Å². The van der Waals surface area contributed by atoms with Gasteiger partial charge in [0.2, 0.25) is 0 Å². The van der Waals surface area contributed by atoms with E-state index in [-0.39, 0.29) is 22.8 Å². The van der Waals surface area contributed by atoms with Gasteiger partial charge < -0.3 is 10.2 Å². The Balaban J connectivity index is 2.26. The van der Waals surface area contributed by atoms with Crippen molar-refractivity contribution in [2.75, 3.05) is 0 Å². The molecule has 0 fully saturated rings. The van der Waals surface area contributed by atoms with Crippen LogP contribution in [0.2, 0.25) is 0 Å². The number of rotatable bonds is 3. The molecule has 2 aromatic carbocycles. The van der Waals surface area contributed by atoms with Crippen LogP contribution in [-0.4, -0.2) is 16.0 Å². The number of phenols is 2. The Kier molecular flexibility index (Phi) is 3.66. The number of benzene rings is 2. The second-order valence-corrected chi connectivity index (χ2v) is 4.26. The van der Waals surface area contributed by atoms with Gasteiger partial charge in [0.1, 0.15) is 11.5 Å². The first kappa shape index (κ1) is 12.9. The zero-order valence-corrected chi connectivity index (χ0v) is 10.5. The van der Waals surface area contributed by atoms with Gasteiger partial charge in [0, 0.05) is 6.07 Å². The molecule has 96 valence electrons. The van der Waals surface area contributed by atoms with Crippen molar-refractivity contribution in [3.05, 3.63) is 65.2 Å². The Morgan fingerprint density at radius 3 is 2.42 bits per heavy atom. The molecule has 0 saturated heterocycles. The van der Waals surface area contributed by atoms with E-state index in [4.69, 9.17) is 0 Å². The average molecular weight is 254 g/mol. The molecular formula is C16H14O3. The molecule has 0 amide bonds. The van der Waals surface area contributed by atoms with Gasteiger partial charge in [-0.3, -0.25) is 4.79 Å². The summed E-state index contributed by atoms with van der Waals surface area (Å²) in [4.78, 5) is 12.0. The molecule has 0 aliphatic rings. The number of ketones is 1. The standard InChI is InChI=1S/C16H14O3/c1-11-9-13(16(19)10-15(11)18)14(17)8-7-12-5-3-2-4-6-12/h2-10,18-19H,1H3/b8-7+. The van der Waals surface area contributed by atoms with Gasteiger partial charge in [0.25, 0.3) is 0 Å². The minimum absolute atomic E-state index is 0.0268. The monoisotopic (exact) mass is 254 g/mol. The molecule has 2 N–H and O–H groups in total. The number of carbonyl (C=O) groups is 1. The topological polar surface area (TPSA) is 57.5 Å². The van der Waals surface area contributed by atoms with Crippen LogP contribution in [0.4, 0.5) is 0 Å². The first-order valence-electron chi connectivity index (χ1n) is 5.88. The maximum Gasteiger partial charge on any atom is 0.189 e. The summed E-state index contributed by atoms with van der Waals surface area (Å²) < 4.78 is 0. The molecule has 0 saturated carbocycles. The van der Waals surface area contributed by atoms with E-state index in [1.54, 1.807) is 13.0 Å². The lowest BCUT2D eigenvalue weighted by Crippen LogP contribution is -1.96. The Labute approximate surface area is 111 Å².